The van der Waals surface area contributed by atoms with Crippen LogP contribution in [0.2, 0.25) is 0 Å². The van der Waals surface area contributed by atoms with Crippen LogP contribution in [0.3, 0.4) is 0 Å². The maximum Gasteiger partial charge on any atom is 0.0534 e. The topological polar surface area (TPSA) is 58.5 Å². The fraction of sp³-hybridized carbons (Fsp3) is 0.400. The van der Waals surface area contributed by atoms with E-state index in [1.54, 1.807) is 6.20 Å². The van der Waals surface area contributed by atoms with Gasteiger partial charge in [-0.3, -0.25) is 9.78 Å². The Morgan fingerprint density at radius 2 is 2.40 bits per heavy atom. The van der Waals surface area contributed by atoms with Gasteiger partial charge in [0.05, 0.1) is 6.20 Å². The maximum absolute atomic E-state index is 4.21. The third-order valence-electron chi connectivity index (χ3n) is 2.21. The van der Waals surface area contributed by atoms with Gasteiger partial charge < -0.3 is 5.32 Å². The lowest BCUT2D eigenvalue weighted by molar-refractivity contribution is 0.654. The summed E-state index contributed by atoms with van der Waals surface area (Å²) in [4.78, 5) is 0. The van der Waals surface area contributed by atoms with Crippen LogP contribution in [-0.4, -0.2) is 20.0 Å². The van der Waals surface area contributed by atoms with Gasteiger partial charge in [0.1, 0.15) is 0 Å². The number of aromatic amines is 1. The summed E-state index contributed by atoms with van der Waals surface area (Å²) in [5, 5.41) is 14.3. The van der Waals surface area contributed by atoms with E-state index in [0.717, 1.165) is 25.3 Å². The Morgan fingerprint density at radius 1 is 1.47 bits per heavy atom. The second-order valence-corrected chi connectivity index (χ2v) is 3.39. The van der Waals surface area contributed by atoms with Crippen LogP contribution in [0.5, 0.6) is 0 Å². The second kappa shape index (κ2) is 4.75. The summed E-state index contributed by atoms with van der Waals surface area (Å²) in [7, 11) is 0. The molecule has 80 valence electrons. The SMILES string of the molecule is CCn1cc(CNCc2ccn[nH]2)cn1. The highest BCUT2D eigenvalue weighted by molar-refractivity contribution is 5.04. The lowest BCUT2D eigenvalue weighted by Gasteiger charge is -1.99. The van der Waals surface area contributed by atoms with E-state index in [1.165, 1.54) is 5.56 Å². The molecule has 2 aromatic heterocycles. The van der Waals surface area contributed by atoms with Crippen molar-refractivity contribution in [2.75, 3.05) is 0 Å². The molecule has 0 aliphatic heterocycles. The molecule has 2 N–H and O–H groups in total. The van der Waals surface area contributed by atoms with Crippen molar-refractivity contribution in [2.45, 2.75) is 26.6 Å². The molecule has 0 fully saturated rings. The molecule has 0 unspecified atom stereocenters. The molecule has 2 heterocycles. The van der Waals surface area contributed by atoms with Crippen LogP contribution in [0, 0.1) is 0 Å². The first kappa shape index (κ1) is 9.92. The van der Waals surface area contributed by atoms with Crippen molar-refractivity contribution < 1.29 is 0 Å². The molecule has 0 aromatic carbocycles. The monoisotopic (exact) mass is 205 g/mol. The predicted octanol–water partition coefficient (Wildman–Crippen LogP) is 0.916. The zero-order valence-electron chi connectivity index (χ0n) is 8.77. The number of H-pyrrole nitrogens is 1. The summed E-state index contributed by atoms with van der Waals surface area (Å²) in [6, 6.07) is 1.96. The molecule has 0 aliphatic rings. The minimum Gasteiger partial charge on any atom is -0.307 e. The number of hydrogen-bond donors (Lipinski definition) is 2. The molecule has 2 aromatic rings. The van der Waals surface area contributed by atoms with Crippen molar-refractivity contribution in [1.82, 2.24) is 25.3 Å². The van der Waals surface area contributed by atoms with Gasteiger partial charge in [-0.2, -0.15) is 10.2 Å². The summed E-state index contributed by atoms with van der Waals surface area (Å²) in [5.74, 6) is 0. The van der Waals surface area contributed by atoms with Crippen molar-refractivity contribution in [2.24, 2.45) is 0 Å². The first-order valence-electron chi connectivity index (χ1n) is 5.09. The summed E-state index contributed by atoms with van der Waals surface area (Å²) in [5.41, 5.74) is 2.30. The number of aromatic nitrogens is 4. The molecule has 0 saturated carbocycles. The molecule has 0 spiro atoms. The van der Waals surface area contributed by atoms with Crippen LogP contribution in [0.4, 0.5) is 0 Å². The number of nitrogens with one attached hydrogen (secondary N) is 2. The quantitative estimate of drug-likeness (QED) is 0.763. The molecule has 5 heteroatoms. The standard InChI is InChI=1S/C10H15N5/c1-2-15-8-9(6-13-15)5-11-7-10-3-4-12-14-10/h3-4,6,8,11H,2,5,7H2,1H3,(H,12,14). The molecule has 15 heavy (non-hydrogen) atoms. The average Bonchev–Trinajstić information content (AvgIpc) is 2.88. The fourth-order valence-corrected chi connectivity index (χ4v) is 1.40. The smallest absolute Gasteiger partial charge is 0.0534 e. The van der Waals surface area contributed by atoms with Crippen molar-refractivity contribution in [1.29, 1.82) is 0 Å². The Bertz CT molecular complexity index is 390. The molecule has 2 rings (SSSR count). The van der Waals surface area contributed by atoms with Crippen LogP contribution in [-0.2, 0) is 19.6 Å². The Kier molecular flexibility index (Phi) is 3.14. The normalized spacial score (nSPS) is 10.7. The van der Waals surface area contributed by atoms with E-state index >= 15 is 0 Å². The number of rotatable bonds is 5. The molecule has 0 bridgehead atoms. The van der Waals surface area contributed by atoms with Gasteiger partial charge in [-0.05, 0) is 13.0 Å². The highest BCUT2D eigenvalue weighted by Crippen LogP contribution is 1.98. The molecular weight excluding hydrogens is 190 g/mol. The lowest BCUT2D eigenvalue weighted by atomic mass is 10.3. The molecule has 5 nitrogen and oxygen atoms in total. The minimum atomic E-state index is 0.803. The third-order valence-corrected chi connectivity index (χ3v) is 2.21. The van der Waals surface area contributed by atoms with Crippen molar-refractivity contribution >= 4 is 0 Å². The van der Waals surface area contributed by atoms with Gasteiger partial charge in [-0.15, -0.1) is 0 Å². The van der Waals surface area contributed by atoms with Crippen LogP contribution >= 0.6 is 0 Å². The summed E-state index contributed by atoms with van der Waals surface area (Å²) in [6.45, 7) is 4.63. The van der Waals surface area contributed by atoms with E-state index < -0.39 is 0 Å². The van der Waals surface area contributed by atoms with Crippen molar-refractivity contribution in [3.63, 3.8) is 0 Å². The Labute approximate surface area is 88.5 Å². The first-order chi connectivity index (χ1) is 7.38. The number of hydrogen-bond acceptors (Lipinski definition) is 3. The van der Waals surface area contributed by atoms with E-state index in [9.17, 15) is 0 Å². The van der Waals surface area contributed by atoms with Crippen LogP contribution in [0.25, 0.3) is 0 Å². The number of aryl methyl sites for hydroxylation is 1. The Hall–Kier alpha value is -1.62. The van der Waals surface area contributed by atoms with Gasteiger partial charge >= 0.3 is 0 Å². The van der Waals surface area contributed by atoms with E-state index in [-0.39, 0.29) is 0 Å². The maximum atomic E-state index is 4.21. The zero-order chi connectivity index (χ0) is 10.5. The van der Waals surface area contributed by atoms with Crippen LogP contribution < -0.4 is 5.32 Å². The minimum absolute atomic E-state index is 0.803. The highest BCUT2D eigenvalue weighted by atomic mass is 15.3. The zero-order valence-corrected chi connectivity index (χ0v) is 8.77. The molecule has 0 radical (unpaired) electrons. The lowest BCUT2D eigenvalue weighted by Crippen LogP contribution is -2.12. The number of nitrogens with zero attached hydrogens (tertiary/aromatic N) is 3. The largest absolute Gasteiger partial charge is 0.307 e. The molecule has 0 amide bonds. The van der Waals surface area contributed by atoms with Gasteiger partial charge in [-0.25, -0.2) is 0 Å². The van der Waals surface area contributed by atoms with Gasteiger partial charge in [0, 0.05) is 43.3 Å². The predicted molar refractivity (Wildman–Crippen MR) is 57.0 cm³/mol. The molecule has 0 atom stereocenters. The Morgan fingerprint density at radius 3 is 3.07 bits per heavy atom. The highest BCUT2D eigenvalue weighted by Gasteiger charge is 1.97. The van der Waals surface area contributed by atoms with Gasteiger partial charge in [0.15, 0.2) is 0 Å². The molecule has 0 saturated heterocycles. The first-order valence-corrected chi connectivity index (χ1v) is 5.09. The van der Waals surface area contributed by atoms with Crippen LogP contribution in [0.15, 0.2) is 24.7 Å². The fourth-order valence-electron chi connectivity index (χ4n) is 1.40. The van der Waals surface area contributed by atoms with E-state index in [1.807, 2.05) is 16.9 Å². The van der Waals surface area contributed by atoms with Crippen LogP contribution in [0.1, 0.15) is 18.2 Å². The second-order valence-electron chi connectivity index (χ2n) is 3.39. The summed E-state index contributed by atoms with van der Waals surface area (Å²) < 4.78 is 1.92. The van der Waals surface area contributed by atoms with Crippen molar-refractivity contribution in [3.8, 4) is 0 Å². The Balaban J connectivity index is 1.78. The molecule has 0 aliphatic carbocycles. The van der Waals surface area contributed by atoms with E-state index in [0.29, 0.717) is 0 Å². The van der Waals surface area contributed by atoms with Gasteiger partial charge in [0.2, 0.25) is 0 Å². The summed E-state index contributed by atoms with van der Waals surface area (Å²) >= 11 is 0. The van der Waals surface area contributed by atoms with Gasteiger partial charge in [-0.1, -0.05) is 0 Å². The van der Waals surface area contributed by atoms with E-state index in [2.05, 4.69) is 33.7 Å². The van der Waals surface area contributed by atoms with Crippen molar-refractivity contribution in [3.05, 3.63) is 35.9 Å². The van der Waals surface area contributed by atoms with E-state index in [4.69, 9.17) is 0 Å². The third kappa shape index (κ3) is 2.66. The van der Waals surface area contributed by atoms with Gasteiger partial charge in [0.25, 0.3) is 0 Å². The summed E-state index contributed by atoms with van der Waals surface area (Å²) in [6.07, 6.45) is 5.70. The molecular formula is C10H15N5. The average molecular weight is 205 g/mol.